The van der Waals surface area contributed by atoms with Gasteiger partial charge in [-0.2, -0.15) is 0 Å². The van der Waals surface area contributed by atoms with Crippen molar-refractivity contribution >= 4 is 5.97 Å². The van der Waals surface area contributed by atoms with Crippen LogP contribution in [-0.2, 0) is 33.2 Å². The van der Waals surface area contributed by atoms with Gasteiger partial charge in [-0.25, -0.2) is 0 Å². The summed E-state index contributed by atoms with van der Waals surface area (Å²) in [5, 5.41) is 69.3. The van der Waals surface area contributed by atoms with Crippen LogP contribution in [0.5, 0.6) is 0 Å². The number of hydrogen-bond acceptors (Lipinski definition) is 14. The Morgan fingerprint density at radius 3 is 2.02 bits per heavy atom. The number of methoxy groups -OCH3 is 1. The fourth-order valence-corrected chi connectivity index (χ4v) is 8.59. The van der Waals surface area contributed by atoms with Gasteiger partial charge in [-0.3, -0.25) is 4.79 Å². The van der Waals surface area contributed by atoms with Crippen LogP contribution in [0, 0.1) is 23.7 Å². The summed E-state index contributed by atoms with van der Waals surface area (Å²) in [6.45, 7) is 16.7. The van der Waals surface area contributed by atoms with Gasteiger partial charge in [0.25, 0.3) is 0 Å². The Balaban J connectivity index is 2.18. The summed E-state index contributed by atoms with van der Waals surface area (Å²) in [7, 11) is 5.20. The first-order valence-electron chi connectivity index (χ1n) is 18.6. The van der Waals surface area contributed by atoms with E-state index in [-0.39, 0.29) is 31.4 Å². The Labute approximate surface area is 304 Å². The molecule has 19 atom stereocenters. The number of ether oxygens (including phenoxy) is 6. The second-order valence-corrected chi connectivity index (χ2v) is 16.7. The molecule has 0 bridgehead atoms. The molecule has 14 nitrogen and oxygen atoms in total. The molecule has 0 aromatic heterocycles. The van der Waals surface area contributed by atoms with Crippen molar-refractivity contribution in [2.75, 3.05) is 21.2 Å². The van der Waals surface area contributed by atoms with Crippen LogP contribution in [0.4, 0.5) is 0 Å². The molecule has 3 aliphatic heterocycles. The van der Waals surface area contributed by atoms with Crippen molar-refractivity contribution in [1.82, 2.24) is 4.90 Å². The number of likely N-dealkylation sites (N-methyl/N-ethyl adjacent to an activating group) is 1. The highest BCUT2D eigenvalue weighted by molar-refractivity contribution is 5.73. The third kappa shape index (κ3) is 9.63. The monoisotopic (exact) mass is 735 g/mol. The lowest BCUT2D eigenvalue weighted by Gasteiger charge is -2.49. The van der Waals surface area contributed by atoms with E-state index < -0.39 is 108 Å². The van der Waals surface area contributed by atoms with Crippen molar-refractivity contribution in [3.05, 3.63) is 0 Å². The molecule has 0 saturated carbocycles. The standard InChI is InChI=1S/C37H69NO13/c1-14-25-37(10,45)30(41)20(4)27(39)18(2)16-35(8,44)32(51-34-28(40)24(38(11)12)15-19(3)47-34)21(5)29(22(6)33(43)49-25)50-26-17-36(9,46-13)31(42)23(7)48-26/h18-32,34,39-42,44-45H,14-17H2,1-13H3/t18-,19-,20+,21+,22-,23+,24+,25-,26+,27-,28-,29+,30-,31+,32-,34+,35+,36-,37-/m1/s1. The number of carbonyl (C=O) groups is 1. The van der Waals surface area contributed by atoms with Crippen LogP contribution in [0.25, 0.3) is 0 Å². The first-order valence-corrected chi connectivity index (χ1v) is 18.6. The predicted octanol–water partition coefficient (Wildman–Crippen LogP) is 1.58. The number of nitrogens with zero attached hydrogens (tertiary/aromatic N) is 1. The summed E-state index contributed by atoms with van der Waals surface area (Å²) < 4.78 is 37.2. The van der Waals surface area contributed by atoms with Crippen LogP contribution >= 0.6 is 0 Å². The molecule has 0 radical (unpaired) electrons. The van der Waals surface area contributed by atoms with Crippen molar-refractivity contribution in [3.63, 3.8) is 0 Å². The Kier molecular flexibility index (Phi) is 15.0. The lowest BCUT2D eigenvalue weighted by molar-refractivity contribution is -0.318. The van der Waals surface area contributed by atoms with Gasteiger partial charge in [0.1, 0.15) is 23.9 Å². The Hall–Kier alpha value is -1.01. The molecule has 3 fully saturated rings. The number of cyclic esters (lactones) is 1. The van der Waals surface area contributed by atoms with E-state index in [4.69, 9.17) is 28.4 Å². The minimum atomic E-state index is -1.93. The maximum absolute atomic E-state index is 14.1. The van der Waals surface area contributed by atoms with E-state index in [0.29, 0.717) is 6.42 Å². The molecule has 0 aliphatic carbocycles. The summed E-state index contributed by atoms with van der Waals surface area (Å²) in [5.74, 6) is -4.11. The van der Waals surface area contributed by atoms with E-state index in [1.807, 2.05) is 25.9 Å². The predicted molar refractivity (Wildman–Crippen MR) is 187 cm³/mol. The zero-order valence-corrected chi connectivity index (χ0v) is 33.1. The maximum atomic E-state index is 14.1. The number of hydrogen-bond donors (Lipinski definition) is 6. The summed E-state index contributed by atoms with van der Waals surface area (Å²) in [5.41, 5.74) is -4.71. The molecule has 3 saturated heterocycles. The molecular weight excluding hydrogens is 666 g/mol. The van der Waals surface area contributed by atoms with E-state index in [9.17, 15) is 35.4 Å². The zero-order chi connectivity index (χ0) is 39.0. The zero-order valence-electron chi connectivity index (χ0n) is 33.1. The van der Waals surface area contributed by atoms with Gasteiger partial charge >= 0.3 is 5.97 Å². The van der Waals surface area contributed by atoms with Crippen LogP contribution in [0.1, 0.15) is 94.9 Å². The van der Waals surface area contributed by atoms with Gasteiger partial charge in [0, 0.05) is 31.4 Å². The Morgan fingerprint density at radius 2 is 1.47 bits per heavy atom. The third-order valence-corrected chi connectivity index (χ3v) is 12.0. The van der Waals surface area contributed by atoms with Crippen molar-refractivity contribution in [2.45, 2.75) is 185 Å². The van der Waals surface area contributed by atoms with Gasteiger partial charge in [0.2, 0.25) is 0 Å². The number of rotatable bonds is 7. The molecule has 14 heteroatoms. The molecule has 3 aliphatic rings. The van der Waals surface area contributed by atoms with Gasteiger partial charge in [-0.05, 0) is 80.8 Å². The molecule has 300 valence electrons. The number of esters is 1. The molecule has 6 N–H and O–H groups in total. The normalized spacial score (nSPS) is 51.2. The highest BCUT2D eigenvalue weighted by Crippen LogP contribution is 2.41. The van der Waals surface area contributed by atoms with E-state index in [1.165, 1.54) is 14.0 Å². The highest BCUT2D eigenvalue weighted by Gasteiger charge is 2.53. The second kappa shape index (κ2) is 17.2. The van der Waals surface area contributed by atoms with Crippen LogP contribution in [0.3, 0.4) is 0 Å². The fourth-order valence-electron chi connectivity index (χ4n) is 8.59. The van der Waals surface area contributed by atoms with Crippen molar-refractivity contribution in [1.29, 1.82) is 0 Å². The molecule has 0 aromatic rings. The van der Waals surface area contributed by atoms with Crippen LogP contribution < -0.4 is 0 Å². The van der Waals surface area contributed by atoms with E-state index in [2.05, 4.69) is 0 Å². The third-order valence-electron chi connectivity index (χ3n) is 12.0. The molecule has 0 spiro atoms. The van der Waals surface area contributed by atoms with Gasteiger partial charge in [0.15, 0.2) is 12.6 Å². The largest absolute Gasteiger partial charge is 0.459 e. The minimum Gasteiger partial charge on any atom is -0.459 e. The smallest absolute Gasteiger partial charge is 0.311 e. The highest BCUT2D eigenvalue weighted by atomic mass is 16.7. The average Bonchev–Trinajstić information content (AvgIpc) is 3.05. The fraction of sp³-hybridized carbons (Fsp3) is 0.973. The van der Waals surface area contributed by atoms with Gasteiger partial charge in [-0.15, -0.1) is 0 Å². The second-order valence-electron chi connectivity index (χ2n) is 16.7. The van der Waals surface area contributed by atoms with Crippen molar-refractivity contribution < 1.29 is 63.9 Å². The molecule has 0 aromatic carbocycles. The first-order chi connectivity index (χ1) is 23.4. The first kappa shape index (κ1) is 44.4. The molecule has 51 heavy (non-hydrogen) atoms. The van der Waals surface area contributed by atoms with E-state index in [0.717, 1.165) is 0 Å². The molecular formula is C37H69NO13. The van der Waals surface area contributed by atoms with Crippen LogP contribution in [-0.4, -0.2) is 153 Å². The summed E-state index contributed by atoms with van der Waals surface area (Å²) in [6, 6.07) is -0.310. The number of aliphatic hydroxyl groups is 6. The molecule has 0 amide bonds. The van der Waals surface area contributed by atoms with Gasteiger partial charge in [-0.1, -0.05) is 27.7 Å². The van der Waals surface area contributed by atoms with Crippen LogP contribution in [0.15, 0.2) is 0 Å². The van der Waals surface area contributed by atoms with Crippen molar-refractivity contribution in [2.24, 2.45) is 23.7 Å². The van der Waals surface area contributed by atoms with Crippen molar-refractivity contribution in [3.8, 4) is 0 Å². The Morgan fingerprint density at radius 1 is 0.863 bits per heavy atom. The summed E-state index contributed by atoms with van der Waals surface area (Å²) >= 11 is 0. The number of carbonyl (C=O) groups excluding carboxylic acids is 1. The molecule has 3 heterocycles. The average molecular weight is 736 g/mol. The quantitative estimate of drug-likeness (QED) is 0.206. The SMILES string of the molecule is CC[C@H]1OC(=O)[C@H](C)[C@@H](O[C@H]2C[C@@](C)(OC)[C@@H](O)[C@H](C)O2)[C@H](C)[C@@H](O[C@@H]2O[C@H](C)C[C@H](N(C)C)[C@H]2O)[C@@](C)(O)C[C@@H](C)[C@@H](O)[C@H](C)[C@@H](O)[C@]1(C)O. The van der Waals surface area contributed by atoms with Crippen LogP contribution in [0.2, 0.25) is 0 Å². The maximum Gasteiger partial charge on any atom is 0.311 e. The lowest BCUT2D eigenvalue weighted by Crippen LogP contribution is -2.61. The topological polar surface area (TPSA) is 197 Å². The molecule has 3 rings (SSSR count). The summed E-state index contributed by atoms with van der Waals surface area (Å²) in [4.78, 5) is 16.0. The lowest BCUT2D eigenvalue weighted by atomic mass is 9.73. The van der Waals surface area contributed by atoms with Gasteiger partial charge in [0.05, 0.1) is 53.7 Å². The Bertz CT molecular complexity index is 1120. The van der Waals surface area contributed by atoms with Gasteiger partial charge < -0.3 is 64.0 Å². The van der Waals surface area contributed by atoms with E-state index >= 15 is 0 Å². The number of aliphatic hydroxyl groups excluding tert-OH is 4. The van der Waals surface area contributed by atoms with E-state index in [1.54, 1.807) is 55.4 Å². The minimum absolute atomic E-state index is 0.0362. The summed E-state index contributed by atoms with van der Waals surface area (Å²) in [6.07, 6.45) is -10.5. The molecule has 0 unspecified atom stereocenters.